The molecule has 33 heavy (non-hydrogen) atoms. The quantitative estimate of drug-likeness (QED) is 0.316. The first-order valence-electron chi connectivity index (χ1n) is 11.9. The summed E-state index contributed by atoms with van der Waals surface area (Å²) in [4.78, 5) is 2.30. The molecule has 0 saturated carbocycles. The van der Waals surface area contributed by atoms with Crippen LogP contribution in [0.1, 0.15) is 37.8 Å². The van der Waals surface area contributed by atoms with Crippen LogP contribution in [0.3, 0.4) is 0 Å². The van der Waals surface area contributed by atoms with Gasteiger partial charge in [-0.15, -0.1) is 0 Å². The van der Waals surface area contributed by atoms with E-state index in [2.05, 4.69) is 123 Å². The first kappa shape index (κ1) is 20.1. The van der Waals surface area contributed by atoms with Gasteiger partial charge in [0.1, 0.15) is 0 Å². The lowest BCUT2D eigenvalue weighted by Gasteiger charge is -2.27. The van der Waals surface area contributed by atoms with Crippen molar-refractivity contribution in [1.29, 1.82) is 0 Å². The Balaban J connectivity index is 1.30. The molecule has 0 fully saturated rings. The van der Waals surface area contributed by atoms with Crippen molar-refractivity contribution in [3.8, 4) is 11.1 Å². The van der Waals surface area contributed by atoms with Crippen molar-refractivity contribution < 1.29 is 0 Å². The molecule has 0 amide bonds. The Morgan fingerprint density at radius 1 is 0.727 bits per heavy atom. The molecule has 0 N–H and O–H groups in total. The minimum absolute atomic E-state index is 0.103. The maximum absolute atomic E-state index is 2.40. The third-order valence-electron chi connectivity index (χ3n) is 7.62. The van der Waals surface area contributed by atoms with Gasteiger partial charge < -0.3 is 4.90 Å². The van der Waals surface area contributed by atoms with Crippen molar-refractivity contribution in [2.45, 2.75) is 32.1 Å². The van der Waals surface area contributed by atoms with E-state index >= 15 is 0 Å². The fraction of sp³-hybridized carbons (Fsp3) is 0.188. The zero-order valence-corrected chi connectivity index (χ0v) is 19.6. The van der Waals surface area contributed by atoms with E-state index in [9.17, 15) is 0 Å². The van der Waals surface area contributed by atoms with E-state index in [4.69, 9.17) is 0 Å². The van der Waals surface area contributed by atoms with Crippen LogP contribution in [0.25, 0.3) is 27.5 Å². The van der Waals surface area contributed by atoms with Crippen molar-refractivity contribution in [3.05, 3.63) is 114 Å². The predicted octanol–water partition coefficient (Wildman–Crippen LogP) is 8.67. The van der Waals surface area contributed by atoms with Crippen LogP contribution in [0.5, 0.6) is 0 Å². The molecule has 0 atom stereocenters. The molecule has 2 aliphatic rings. The van der Waals surface area contributed by atoms with Gasteiger partial charge in [-0.2, -0.15) is 0 Å². The molecule has 0 bridgehead atoms. The lowest BCUT2D eigenvalue weighted by atomic mass is 9.78. The van der Waals surface area contributed by atoms with E-state index in [0.29, 0.717) is 0 Å². The van der Waals surface area contributed by atoms with Gasteiger partial charge in [0.15, 0.2) is 0 Å². The number of rotatable bonds is 3. The van der Waals surface area contributed by atoms with Gasteiger partial charge in [-0.3, -0.25) is 0 Å². The van der Waals surface area contributed by atoms with E-state index in [0.717, 1.165) is 6.42 Å². The molecule has 6 rings (SSSR count). The monoisotopic (exact) mass is 427 g/mol. The first-order chi connectivity index (χ1) is 16.0. The van der Waals surface area contributed by atoms with Gasteiger partial charge in [-0.25, -0.2) is 0 Å². The van der Waals surface area contributed by atoms with Gasteiger partial charge in [-0.1, -0.05) is 86.2 Å². The molecule has 1 nitrogen and oxygen atoms in total. The summed E-state index contributed by atoms with van der Waals surface area (Å²) < 4.78 is 0. The molecule has 1 heteroatoms. The van der Waals surface area contributed by atoms with Gasteiger partial charge >= 0.3 is 0 Å². The average molecular weight is 428 g/mol. The Labute approximate surface area is 196 Å². The van der Waals surface area contributed by atoms with Gasteiger partial charge in [0.05, 0.1) is 0 Å². The zero-order valence-electron chi connectivity index (χ0n) is 19.6. The molecule has 4 aromatic carbocycles. The zero-order chi connectivity index (χ0) is 22.6. The third-order valence-corrected chi connectivity index (χ3v) is 7.62. The second kappa shape index (κ2) is 7.49. The van der Waals surface area contributed by atoms with Gasteiger partial charge in [0.25, 0.3) is 0 Å². The van der Waals surface area contributed by atoms with Crippen LogP contribution in [0.4, 0.5) is 11.4 Å². The van der Waals surface area contributed by atoms with Crippen molar-refractivity contribution >= 4 is 27.7 Å². The Morgan fingerprint density at radius 3 is 2.27 bits per heavy atom. The molecule has 0 heterocycles. The summed E-state index contributed by atoms with van der Waals surface area (Å²) in [6.45, 7) is 4.77. The fourth-order valence-electron chi connectivity index (χ4n) is 5.62. The smallest absolute Gasteiger partial charge is 0.0411 e. The highest BCUT2D eigenvalue weighted by Gasteiger charge is 2.37. The Bertz CT molecular complexity index is 1430. The molecule has 0 unspecified atom stereocenters. The minimum atomic E-state index is 0.103. The van der Waals surface area contributed by atoms with Crippen LogP contribution in [-0.4, -0.2) is 7.05 Å². The lowest BCUT2D eigenvalue weighted by Crippen LogP contribution is -2.18. The maximum atomic E-state index is 2.40. The number of hydrogen-bond donors (Lipinski definition) is 0. The summed E-state index contributed by atoms with van der Waals surface area (Å²) in [6, 6.07) is 31.2. The largest absolute Gasteiger partial charge is 0.345 e. The molecule has 4 aromatic rings. The molecule has 0 saturated heterocycles. The highest BCUT2D eigenvalue weighted by atomic mass is 15.1. The van der Waals surface area contributed by atoms with Crippen LogP contribution < -0.4 is 4.90 Å². The number of allylic oxidation sites excluding steroid dienone is 4. The van der Waals surface area contributed by atoms with E-state index in [1.54, 1.807) is 5.57 Å². The predicted molar refractivity (Wildman–Crippen MR) is 142 cm³/mol. The summed E-state index contributed by atoms with van der Waals surface area (Å²) in [5.41, 5.74) is 11.0. The van der Waals surface area contributed by atoms with E-state index in [-0.39, 0.29) is 5.41 Å². The van der Waals surface area contributed by atoms with Crippen LogP contribution in [-0.2, 0) is 5.41 Å². The Morgan fingerprint density at radius 2 is 1.45 bits per heavy atom. The summed E-state index contributed by atoms with van der Waals surface area (Å²) in [7, 11) is 2.17. The topological polar surface area (TPSA) is 3.24 Å². The molecular formula is C32H29N. The van der Waals surface area contributed by atoms with Crippen LogP contribution in [0.15, 0.2) is 103 Å². The molecule has 0 aromatic heterocycles. The normalized spacial score (nSPS) is 16.1. The van der Waals surface area contributed by atoms with Crippen LogP contribution >= 0.6 is 0 Å². The summed E-state index contributed by atoms with van der Waals surface area (Å²) >= 11 is 0. The van der Waals surface area contributed by atoms with E-state index < -0.39 is 0 Å². The van der Waals surface area contributed by atoms with Crippen LogP contribution in [0, 0.1) is 0 Å². The lowest BCUT2D eigenvalue weighted by molar-refractivity contribution is 0.607. The third kappa shape index (κ3) is 3.23. The van der Waals surface area contributed by atoms with Crippen LogP contribution in [0.2, 0.25) is 0 Å². The minimum Gasteiger partial charge on any atom is -0.345 e. The molecule has 2 aliphatic carbocycles. The molecule has 162 valence electrons. The van der Waals surface area contributed by atoms with Crippen molar-refractivity contribution in [2.24, 2.45) is 0 Å². The van der Waals surface area contributed by atoms with E-state index in [1.165, 1.54) is 56.4 Å². The average Bonchev–Trinajstić information content (AvgIpc) is 3.10. The number of hydrogen-bond acceptors (Lipinski definition) is 1. The second-order valence-electron chi connectivity index (χ2n) is 9.86. The van der Waals surface area contributed by atoms with Crippen molar-refractivity contribution in [3.63, 3.8) is 0 Å². The fourth-order valence-corrected chi connectivity index (χ4v) is 5.62. The van der Waals surface area contributed by atoms with Gasteiger partial charge in [0.2, 0.25) is 0 Å². The van der Waals surface area contributed by atoms with Gasteiger partial charge in [0, 0.05) is 23.8 Å². The number of fused-ring (bicyclic) bond motifs is 3. The summed E-state index contributed by atoms with van der Waals surface area (Å²) in [5, 5.41) is 2.56. The van der Waals surface area contributed by atoms with E-state index in [1.807, 2.05) is 0 Å². The SMILES string of the molecule is CN(c1ccc(-c2ccc3ccccc3c2)cc1)c1ccc2c(c1)C(C)(C)C1=C2C=CCC1. The standard InChI is InChI=1S/C32H29N/c1-32(2)30-11-7-6-10-28(30)29-19-18-27(21-31(29)32)33(3)26-16-14-23(15-17-26)25-13-12-22-8-4-5-9-24(22)20-25/h4-6,8-10,12-21H,7,11H2,1-3H3. The Kier molecular flexibility index (Phi) is 4.55. The summed E-state index contributed by atoms with van der Waals surface area (Å²) in [5.74, 6) is 0. The first-order valence-corrected chi connectivity index (χ1v) is 11.9. The number of benzene rings is 4. The van der Waals surface area contributed by atoms with Gasteiger partial charge in [-0.05, 0) is 81.8 Å². The maximum Gasteiger partial charge on any atom is 0.0411 e. The van der Waals surface area contributed by atoms with Crippen molar-refractivity contribution in [1.82, 2.24) is 0 Å². The second-order valence-corrected chi connectivity index (χ2v) is 9.86. The molecular weight excluding hydrogens is 398 g/mol. The highest BCUT2D eigenvalue weighted by Crippen LogP contribution is 2.51. The number of nitrogens with zero attached hydrogens (tertiary/aromatic N) is 1. The van der Waals surface area contributed by atoms with Crippen molar-refractivity contribution in [2.75, 3.05) is 11.9 Å². The molecule has 0 spiro atoms. The molecule has 0 radical (unpaired) electrons. The number of anilines is 2. The highest BCUT2D eigenvalue weighted by molar-refractivity contribution is 5.89. The summed E-state index contributed by atoms with van der Waals surface area (Å²) in [6.07, 6.45) is 6.99. The Hall–Kier alpha value is -3.58. The molecule has 0 aliphatic heterocycles.